The second-order valence-corrected chi connectivity index (χ2v) is 7.52. The summed E-state index contributed by atoms with van der Waals surface area (Å²) in [6.07, 6.45) is 5.40. The van der Waals surface area contributed by atoms with Crippen molar-refractivity contribution in [2.75, 3.05) is 7.05 Å². The number of benzene rings is 1. The van der Waals surface area contributed by atoms with Crippen molar-refractivity contribution >= 4 is 17.5 Å². The summed E-state index contributed by atoms with van der Waals surface area (Å²) in [6, 6.07) is 11.5. The number of carbonyl (C=O) groups excluding carboxylic acids is 1. The van der Waals surface area contributed by atoms with Gasteiger partial charge in [0, 0.05) is 32.2 Å². The Kier molecular flexibility index (Phi) is 5.41. The molecule has 0 aliphatic rings. The molecule has 1 amide bonds. The van der Waals surface area contributed by atoms with E-state index in [-0.39, 0.29) is 5.91 Å². The average Bonchev–Trinajstić information content (AvgIpc) is 3.48. The van der Waals surface area contributed by atoms with E-state index in [2.05, 4.69) is 15.3 Å². The van der Waals surface area contributed by atoms with E-state index in [1.165, 1.54) is 0 Å². The van der Waals surface area contributed by atoms with Crippen LogP contribution in [0.3, 0.4) is 0 Å². The minimum Gasteiger partial charge on any atom is -0.336 e. The van der Waals surface area contributed by atoms with Crippen molar-refractivity contribution in [2.24, 2.45) is 0 Å². The van der Waals surface area contributed by atoms with Crippen LogP contribution in [0.2, 0.25) is 5.02 Å². The Hall–Kier alpha value is -3.39. The van der Waals surface area contributed by atoms with Crippen LogP contribution < -0.4 is 0 Å². The van der Waals surface area contributed by atoms with Crippen LogP contribution in [-0.4, -0.2) is 47.2 Å². The summed E-state index contributed by atoms with van der Waals surface area (Å²) in [6.45, 7) is 4.65. The van der Waals surface area contributed by atoms with Crippen molar-refractivity contribution in [1.29, 1.82) is 0 Å². The maximum absolute atomic E-state index is 12.8. The van der Waals surface area contributed by atoms with Gasteiger partial charge in [0.1, 0.15) is 12.4 Å². The van der Waals surface area contributed by atoms with E-state index in [1.807, 2.05) is 50.4 Å². The minimum absolute atomic E-state index is 0.142. The number of aromatic nitrogens is 6. The molecule has 154 valence electrons. The van der Waals surface area contributed by atoms with Gasteiger partial charge in [-0.15, -0.1) is 0 Å². The van der Waals surface area contributed by atoms with E-state index in [0.717, 1.165) is 22.6 Å². The van der Waals surface area contributed by atoms with Crippen molar-refractivity contribution in [3.8, 4) is 5.69 Å². The van der Waals surface area contributed by atoms with Crippen LogP contribution in [0.15, 0.2) is 55.0 Å². The maximum Gasteiger partial charge on any atom is 0.274 e. The van der Waals surface area contributed by atoms with Gasteiger partial charge in [0.05, 0.1) is 22.1 Å². The summed E-state index contributed by atoms with van der Waals surface area (Å²) in [7, 11) is 1.77. The Morgan fingerprint density at radius 1 is 1.10 bits per heavy atom. The van der Waals surface area contributed by atoms with Crippen LogP contribution >= 0.6 is 11.6 Å². The Morgan fingerprint density at radius 3 is 2.50 bits per heavy atom. The Balaban J connectivity index is 1.41. The molecule has 0 radical (unpaired) electrons. The van der Waals surface area contributed by atoms with Gasteiger partial charge in [0.2, 0.25) is 0 Å². The fourth-order valence-corrected chi connectivity index (χ4v) is 3.36. The van der Waals surface area contributed by atoms with Crippen molar-refractivity contribution in [2.45, 2.75) is 27.1 Å². The molecule has 8 nitrogen and oxygen atoms in total. The number of aryl methyl sites for hydroxylation is 1. The summed E-state index contributed by atoms with van der Waals surface area (Å²) in [4.78, 5) is 14.4. The third kappa shape index (κ3) is 3.99. The molecule has 0 bridgehead atoms. The third-order valence-electron chi connectivity index (χ3n) is 4.90. The van der Waals surface area contributed by atoms with Crippen LogP contribution in [-0.2, 0) is 13.2 Å². The molecule has 4 aromatic rings. The second kappa shape index (κ2) is 8.16. The predicted molar refractivity (Wildman–Crippen MR) is 114 cm³/mol. The van der Waals surface area contributed by atoms with Crippen molar-refractivity contribution in [3.05, 3.63) is 82.7 Å². The first-order valence-corrected chi connectivity index (χ1v) is 9.87. The van der Waals surface area contributed by atoms with E-state index >= 15 is 0 Å². The average molecular weight is 424 g/mol. The molecule has 0 unspecified atom stereocenters. The van der Waals surface area contributed by atoms with Gasteiger partial charge in [-0.05, 0) is 43.7 Å². The Labute approximate surface area is 179 Å². The van der Waals surface area contributed by atoms with Gasteiger partial charge in [0.25, 0.3) is 5.91 Å². The highest BCUT2D eigenvalue weighted by Gasteiger charge is 2.16. The van der Waals surface area contributed by atoms with E-state index in [1.54, 1.807) is 44.5 Å². The first-order chi connectivity index (χ1) is 14.4. The van der Waals surface area contributed by atoms with Crippen LogP contribution in [0.4, 0.5) is 0 Å². The summed E-state index contributed by atoms with van der Waals surface area (Å²) >= 11 is 6.20. The van der Waals surface area contributed by atoms with Gasteiger partial charge in [-0.3, -0.25) is 9.48 Å². The summed E-state index contributed by atoms with van der Waals surface area (Å²) in [5, 5.41) is 13.7. The van der Waals surface area contributed by atoms with Gasteiger partial charge >= 0.3 is 0 Å². The second-order valence-electron chi connectivity index (χ2n) is 7.14. The predicted octanol–water partition coefficient (Wildman–Crippen LogP) is 3.31. The number of rotatable bonds is 6. The standard InChI is InChI=1S/C21H22ClN7O/c1-15-20(22)16(2)29(24-15)14-27-12-9-19(25-27)21(30)26(3)13-17-5-7-18(8-6-17)28-11-4-10-23-28/h4-12H,13-14H2,1-3H3. The fraction of sp³-hybridized carbons (Fsp3) is 0.238. The van der Waals surface area contributed by atoms with Crippen LogP contribution in [0.5, 0.6) is 0 Å². The zero-order valence-electron chi connectivity index (χ0n) is 17.0. The lowest BCUT2D eigenvalue weighted by atomic mass is 10.2. The molecule has 4 rings (SSSR count). The number of hydrogen-bond donors (Lipinski definition) is 0. The van der Waals surface area contributed by atoms with Crippen LogP contribution in [0.25, 0.3) is 5.69 Å². The molecule has 3 heterocycles. The summed E-state index contributed by atoms with van der Waals surface area (Å²) in [5.74, 6) is -0.142. The smallest absolute Gasteiger partial charge is 0.274 e. The van der Waals surface area contributed by atoms with E-state index < -0.39 is 0 Å². The molecule has 0 N–H and O–H groups in total. The first kappa shape index (κ1) is 19.9. The topological polar surface area (TPSA) is 73.8 Å². The maximum atomic E-state index is 12.8. The molecule has 30 heavy (non-hydrogen) atoms. The molecule has 1 aromatic carbocycles. The number of amides is 1. The molecular formula is C21H22ClN7O. The summed E-state index contributed by atoms with van der Waals surface area (Å²) < 4.78 is 5.24. The van der Waals surface area contributed by atoms with Crippen molar-refractivity contribution in [3.63, 3.8) is 0 Å². The zero-order valence-corrected chi connectivity index (χ0v) is 17.8. The zero-order chi connectivity index (χ0) is 21.3. The van der Waals surface area contributed by atoms with Crippen molar-refractivity contribution in [1.82, 2.24) is 34.2 Å². The molecule has 9 heteroatoms. The lowest BCUT2D eigenvalue weighted by Crippen LogP contribution is -2.27. The SMILES string of the molecule is Cc1nn(Cn2ccc(C(=O)N(C)Cc3ccc(-n4cccn4)cc3)n2)c(C)c1Cl. The lowest BCUT2D eigenvalue weighted by molar-refractivity contribution is 0.0778. The van der Waals surface area contributed by atoms with Crippen LogP contribution in [0.1, 0.15) is 27.4 Å². The van der Waals surface area contributed by atoms with Crippen LogP contribution in [0, 0.1) is 13.8 Å². The van der Waals surface area contributed by atoms with Gasteiger partial charge in [0.15, 0.2) is 0 Å². The Bertz CT molecular complexity index is 1160. The highest BCUT2D eigenvalue weighted by atomic mass is 35.5. The molecule has 0 aliphatic carbocycles. The minimum atomic E-state index is -0.142. The first-order valence-electron chi connectivity index (χ1n) is 9.50. The lowest BCUT2D eigenvalue weighted by Gasteiger charge is -2.16. The van der Waals surface area contributed by atoms with E-state index in [4.69, 9.17) is 11.6 Å². The number of hydrogen-bond acceptors (Lipinski definition) is 4. The largest absolute Gasteiger partial charge is 0.336 e. The number of halogens is 1. The monoisotopic (exact) mass is 423 g/mol. The van der Waals surface area contributed by atoms with Gasteiger partial charge in [-0.2, -0.15) is 15.3 Å². The number of nitrogens with zero attached hydrogens (tertiary/aromatic N) is 7. The molecule has 3 aromatic heterocycles. The number of carbonyl (C=O) groups is 1. The van der Waals surface area contributed by atoms with Crippen molar-refractivity contribution < 1.29 is 4.79 Å². The molecule has 0 saturated carbocycles. The highest BCUT2D eigenvalue weighted by molar-refractivity contribution is 6.31. The summed E-state index contributed by atoms with van der Waals surface area (Å²) in [5.41, 5.74) is 4.03. The third-order valence-corrected chi connectivity index (χ3v) is 5.45. The molecule has 0 saturated heterocycles. The quantitative estimate of drug-likeness (QED) is 0.477. The van der Waals surface area contributed by atoms with E-state index in [9.17, 15) is 4.79 Å². The Morgan fingerprint density at radius 2 is 1.87 bits per heavy atom. The highest BCUT2D eigenvalue weighted by Crippen LogP contribution is 2.19. The molecule has 0 fully saturated rings. The fourth-order valence-electron chi connectivity index (χ4n) is 3.22. The van der Waals surface area contributed by atoms with Gasteiger partial charge < -0.3 is 4.90 Å². The van der Waals surface area contributed by atoms with Gasteiger partial charge in [-0.1, -0.05) is 23.7 Å². The molecular weight excluding hydrogens is 402 g/mol. The molecule has 0 spiro atoms. The van der Waals surface area contributed by atoms with E-state index in [0.29, 0.717) is 23.9 Å². The molecule has 0 aliphatic heterocycles. The normalized spacial score (nSPS) is 11.1. The van der Waals surface area contributed by atoms with Gasteiger partial charge in [-0.25, -0.2) is 9.36 Å². The molecule has 0 atom stereocenters.